The fraction of sp³-hybridized carbons (Fsp3) is 0.417. The number of likely N-dealkylation sites (N-methyl/N-ethyl adjacent to an activating group) is 1. The van der Waals surface area contributed by atoms with Crippen molar-refractivity contribution in [2.24, 2.45) is 5.73 Å². The van der Waals surface area contributed by atoms with Gasteiger partial charge in [-0.2, -0.15) is 0 Å². The number of hydrogen-bond acceptors (Lipinski definition) is 4. The predicted octanol–water partition coefficient (Wildman–Crippen LogP) is 0.422. The number of carbonyl (C=O) groups is 1. The van der Waals surface area contributed by atoms with E-state index in [1.165, 1.54) is 0 Å². The molecule has 17 heavy (non-hydrogen) atoms. The van der Waals surface area contributed by atoms with E-state index < -0.39 is 12.2 Å². The number of aliphatic hydroxyl groups excluding tert-OH is 1. The SMILES string of the molecule is CC1Oc2cc(C(O)CN)ccc2N(C)C1=O. The monoisotopic (exact) mass is 236 g/mol. The number of ether oxygens (including phenoxy) is 1. The molecule has 1 amide bonds. The predicted molar refractivity (Wildman–Crippen MR) is 64.0 cm³/mol. The molecule has 1 heterocycles. The van der Waals surface area contributed by atoms with Crippen molar-refractivity contribution in [3.05, 3.63) is 23.8 Å². The highest BCUT2D eigenvalue weighted by Crippen LogP contribution is 2.35. The maximum absolute atomic E-state index is 11.7. The average Bonchev–Trinajstić information content (AvgIpc) is 2.34. The van der Waals surface area contributed by atoms with E-state index in [0.29, 0.717) is 17.0 Å². The first-order valence-corrected chi connectivity index (χ1v) is 5.51. The van der Waals surface area contributed by atoms with E-state index in [4.69, 9.17) is 10.5 Å². The van der Waals surface area contributed by atoms with Crippen molar-refractivity contribution in [3.8, 4) is 5.75 Å². The second kappa shape index (κ2) is 4.35. The van der Waals surface area contributed by atoms with Crippen LogP contribution in [0.4, 0.5) is 5.69 Å². The largest absolute Gasteiger partial charge is 0.479 e. The topological polar surface area (TPSA) is 75.8 Å². The van der Waals surface area contributed by atoms with Gasteiger partial charge in [0.25, 0.3) is 5.91 Å². The Labute approximate surface area is 99.8 Å². The van der Waals surface area contributed by atoms with Gasteiger partial charge < -0.3 is 20.5 Å². The summed E-state index contributed by atoms with van der Waals surface area (Å²) in [6.07, 6.45) is -1.21. The second-order valence-corrected chi connectivity index (χ2v) is 4.14. The highest BCUT2D eigenvalue weighted by atomic mass is 16.5. The van der Waals surface area contributed by atoms with Crippen molar-refractivity contribution < 1.29 is 14.6 Å². The van der Waals surface area contributed by atoms with Gasteiger partial charge in [-0.15, -0.1) is 0 Å². The van der Waals surface area contributed by atoms with E-state index >= 15 is 0 Å². The summed E-state index contributed by atoms with van der Waals surface area (Å²) in [6, 6.07) is 5.24. The minimum atomic E-state index is -0.706. The Morgan fingerprint density at radius 3 is 2.94 bits per heavy atom. The molecule has 3 N–H and O–H groups in total. The second-order valence-electron chi connectivity index (χ2n) is 4.14. The van der Waals surface area contributed by atoms with Crippen molar-refractivity contribution in [2.75, 3.05) is 18.5 Å². The molecule has 0 aliphatic carbocycles. The highest BCUT2D eigenvalue weighted by molar-refractivity contribution is 5.99. The van der Waals surface area contributed by atoms with Crippen LogP contribution in [0.3, 0.4) is 0 Å². The van der Waals surface area contributed by atoms with Crippen molar-refractivity contribution in [3.63, 3.8) is 0 Å². The fourth-order valence-corrected chi connectivity index (χ4v) is 1.88. The first-order valence-electron chi connectivity index (χ1n) is 5.51. The molecule has 5 nitrogen and oxygen atoms in total. The Balaban J connectivity index is 2.40. The van der Waals surface area contributed by atoms with E-state index in [1.54, 1.807) is 37.1 Å². The van der Waals surface area contributed by atoms with Gasteiger partial charge in [-0.1, -0.05) is 6.07 Å². The number of rotatable bonds is 2. The number of aliphatic hydroxyl groups is 1. The number of benzene rings is 1. The van der Waals surface area contributed by atoms with Gasteiger partial charge in [0.05, 0.1) is 11.8 Å². The fourth-order valence-electron chi connectivity index (χ4n) is 1.88. The summed E-state index contributed by atoms with van der Waals surface area (Å²) in [6.45, 7) is 1.86. The summed E-state index contributed by atoms with van der Waals surface area (Å²) in [7, 11) is 1.71. The summed E-state index contributed by atoms with van der Waals surface area (Å²) in [4.78, 5) is 13.3. The smallest absolute Gasteiger partial charge is 0.267 e. The summed E-state index contributed by atoms with van der Waals surface area (Å²) in [5.74, 6) is 0.522. The number of carbonyl (C=O) groups excluding carboxylic acids is 1. The zero-order chi connectivity index (χ0) is 12.6. The van der Waals surface area contributed by atoms with Crippen molar-refractivity contribution in [1.82, 2.24) is 0 Å². The number of anilines is 1. The van der Waals surface area contributed by atoms with Crippen LogP contribution in [0.2, 0.25) is 0 Å². The number of fused-ring (bicyclic) bond motifs is 1. The van der Waals surface area contributed by atoms with Crippen LogP contribution in [-0.2, 0) is 4.79 Å². The quantitative estimate of drug-likeness (QED) is 0.780. The maximum atomic E-state index is 11.7. The van der Waals surface area contributed by atoms with Crippen LogP contribution in [0.5, 0.6) is 5.75 Å². The lowest BCUT2D eigenvalue weighted by Crippen LogP contribution is -2.42. The van der Waals surface area contributed by atoms with Crippen LogP contribution in [0.15, 0.2) is 18.2 Å². The molecule has 1 aliphatic heterocycles. The Morgan fingerprint density at radius 1 is 1.59 bits per heavy atom. The summed E-state index contributed by atoms with van der Waals surface area (Å²) in [5, 5.41) is 9.65. The molecule has 0 bridgehead atoms. The molecule has 1 aromatic rings. The van der Waals surface area contributed by atoms with Crippen LogP contribution in [0.25, 0.3) is 0 Å². The lowest BCUT2D eigenvalue weighted by Gasteiger charge is -2.30. The van der Waals surface area contributed by atoms with E-state index in [0.717, 1.165) is 0 Å². The van der Waals surface area contributed by atoms with E-state index in [2.05, 4.69) is 0 Å². The van der Waals surface area contributed by atoms with Gasteiger partial charge in [0.2, 0.25) is 0 Å². The molecular weight excluding hydrogens is 220 g/mol. The van der Waals surface area contributed by atoms with Gasteiger partial charge in [0.1, 0.15) is 5.75 Å². The number of nitrogens with two attached hydrogens (primary N) is 1. The Kier molecular flexibility index (Phi) is 3.04. The van der Waals surface area contributed by atoms with Crippen molar-refractivity contribution in [2.45, 2.75) is 19.1 Å². The molecule has 0 saturated heterocycles. The van der Waals surface area contributed by atoms with Crippen LogP contribution in [-0.4, -0.2) is 30.7 Å². The van der Waals surface area contributed by atoms with Crippen LogP contribution >= 0.6 is 0 Å². The lowest BCUT2D eigenvalue weighted by atomic mass is 10.1. The number of nitrogens with zero attached hydrogens (tertiary/aromatic N) is 1. The van der Waals surface area contributed by atoms with Gasteiger partial charge in [0, 0.05) is 13.6 Å². The van der Waals surface area contributed by atoms with Crippen LogP contribution in [0, 0.1) is 0 Å². The van der Waals surface area contributed by atoms with Gasteiger partial charge in [-0.05, 0) is 24.6 Å². The van der Waals surface area contributed by atoms with Gasteiger partial charge in [0.15, 0.2) is 6.10 Å². The molecule has 1 aliphatic rings. The normalized spacial score (nSPS) is 20.8. The average molecular weight is 236 g/mol. The van der Waals surface area contributed by atoms with Crippen LogP contribution < -0.4 is 15.4 Å². The third-order valence-corrected chi connectivity index (χ3v) is 2.94. The number of amides is 1. The molecule has 2 unspecified atom stereocenters. The zero-order valence-corrected chi connectivity index (χ0v) is 9.88. The van der Waals surface area contributed by atoms with Crippen molar-refractivity contribution in [1.29, 1.82) is 0 Å². The molecule has 92 valence electrons. The molecule has 0 radical (unpaired) electrons. The summed E-state index contributed by atoms with van der Waals surface area (Å²) >= 11 is 0. The molecule has 0 spiro atoms. The Hall–Kier alpha value is -1.59. The van der Waals surface area contributed by atoms with Gasteiger partial charge >= 0.3 is 0 Å². The first kappa shape index (κ1) is 11.9. The molecule has 0 saturated carbocycles. The molecule has 0 fully saturated rings. The van der Waals surface area contributed by atoms with Crippen LogP contribution in [0.1, 0.15) is 18.6 Å². The molecule has 5 heteroatoms. The summed E-state index contributed by atoms with van der Waals surface area (Å²) < 4.78 is 5.51. The zero-order valence-electron chi connectivity index (χ0n) is 9.88. The van der Waals surface area contributed by atoms with E-state index in [-0.39, 0.29) is 12.5 Å². The highest BCUT2D eigenvalue weighted by Gasteiger charge is 2.29. The first-order chi connectivity index (χ1) is 8.04. The van der Waals surface area contributed by atoms with E-state index in [1.807, 2.05) is 0 Å². The minimum absolute atomic E-state index is 0.0791. The third-order valence-electron chi connectivity index (χ3n) is 2.94. The standard InChI is InChI=1S/C12H16N2O3/c1-7-12(16)14(2)9-4-3-8(10(15)6-13)5-11(9)17-7/h3-5,7,10,15H,6,13H2,1-2H3. The van der Waals surface area contributed by atoms with Crippen molar-refractivity contribution >= 4 is 11.6 Å². The van der Waals surface area contributed by atoms with E-state index in [9.17, 15) is 9.90 Å². The molecule has 2 rings (SSSR count). The number of hydrogen-bond donors (Lipinski definition) is 2. The third kappa shape index (κ3) is 1.99. The molecule has 2 atom stereocenters. The minimum Gasteiger partial charge on any atom is -0.479 e. The molecule has 0 aromatic heterocycles. The van der Waals surface area contributed by atoms with Gasteiger partial charge in [-0.3, -0.25) is 4.79 Å². The lowest BCUT2D eigenvalue weighted by molar-refractivity contribution is -0.125. The maximum Gasteiger partial charge on any atom is 0.267 e. The van der Waals surface area contributed by atoms with Gasteiger partial charge in [-0.25, -0.2) is 0 Å². The molecular formula is C12H16N2O3. The molecule has 1 aromatic carbocycles. The Morgan fingerprint density at radius 2 is 2.29 bits per heavy atom. The summed E-state index contributed by atoms with van der Waals surface area (Å²) in [5.41, 5.74) is 6.81. The Bertz CT molecular complexity index is 447.